The largest absolute Gasteiger partial charge is 0.213 e. The normalized spacial score (nSPS) is 11.4. The molecule has 0 aliphatic carbocycles. The van der Waals surface area contributed by atoms with E-state index < -0.39 is 144 Å². The number of halogens is 20. The first kappa shape index (κ1) is 50.8. The minimum absolute atomic E-state index is 0.615. The molecule has 364 valence electrons. The molecule has 1 heterocycles. The van der Waals surface area contributed by atoms with Crippen molar-refractivity contribution in [1.29, 1.82) is 0 Å². The smallest absolute Gasteiger partial charge is 0.207 e. The quantitative estimate of drug-likeness (QED) is 0.0213. The maximum absolute atomic E-state index is 15.4. The zero-order valence-electron chi connectivity index (χ0n) is 34.3. The molecule has 1 aromatic heterocycles. The van der Waals surface area contributed by atoms with Crippen molar-refractivity contribution in [3.05, 3.63) is 223 Å². The van der Waals surface area contributed by atoms with Crippen molar-refractivity contribution in [2.24, 2.45) is 5.11 Å². The Bertz CT molecular complexity index is 3150. The summed E-state index contributed by atoms with van der Waals surface area (Å²) in [5.74, 6) is -71.4. The van der Waals surface area contributed by atoms with Gasteiger partial charge in [-0.05, 0) is 29.8 Å². The molecule has 0 radical (unpaired) electrons. The van der Waals surface area contributed by atoms with Crippen molar-refractivity contribution in [3.63, 3.8) is 0 Å². The molecule has 0 N–H and O–H groups in total. The van der Waals surface area contributed by atoms with Crippen LogP contribution in [0.2, 0.25) is 0 Å². The van der Waals surface area contributed by atoms with Gasteiger partial charge in [-0.25, -0.2) is 87.8 Å². The molecule has 0 spiro atoms. The van der Waals surface area contributed by atoms with Gasteiger partial charge in [0.15, 0.2) is 76.4 Å². The van der Waals surface area contributed by atoms with E-state index in [0.717, 1.165) is 17.8 Å². The molecule has 0 aliphatic heterocycles. The lowest BCUT2D eigenvalue weighted by Gasteiger charge is -2.44. The summed E-state index contributed by atoms with van der Waals surface area (Å²) in [5.41, 5.74) is -0.472. The summed E-state index contributed by atoms with van der Waals surface area (Å²) in [4.78, 5) is 2.90. The predicted octanol–water partition coefficient (Wildman–Crippen LogP) is 11.6. The zero-order chi connectivity index (χ0) is 52.1. The van der Waals surface area contributed by atoms with Gasteiger partial charge in [0, 0.05) is 39.2 Å². The van der Waals surface area contributed by atoms with E-state index in [1.54, 1.807) is 0 Å². The summed E-state index contributed by atoms with van der Waals surface area (Å²) < 4.78 is 296. The Morgan fingerprint density at radius 1 is 0.380 bits per heavy atom. The van der Waals surface area contributed by atoms with Crippen molar-refractivity contribution in [2.75, 3.05) is 0 Å². The molecular weight excluding hydrogens is 999 g/mol. The van der Waals surface area contributed by atoms with Crippen LogP contribution < -0.4 is 26.4 Å². The van der Waals surface area contributed by atoms with Crippen LogP contribution in [0.3, 0.4) is 0 Å². The Morgan fingerprint density at radius 2 is 0.732 bits per heavy atom. The van der Waals surface area contributed by atoms with Crippen LogP contribution in [0.1, 0.15) is 5.56 Å². The summed E-state index contributed by atoms with van der Waals surface area (Å²) >= 11 is 0. The number of hydrogen-bond donors (Lipinski definition) is 0. The molecule has 7 aromatic carbocycles. The summed E-state index contributed by atoms with van der Waals surface area (Å²) in [6, 6.07) is 30.7. The van der Waals surface area contributed by atoms with E-state index in [1.165, 1.54) is 16.5 Å². The van der Waals surface area contributed by atoms with Crippen LogP contribution in [0.15, 0.2) is 96.1 Å². The molecule has 0 aliphatic rings. The zero-order valence-corrected chi connectivity index (χ0v) is 34.3. The lowest BCUT2D eigenvalue weighted by Crippen LogP contribution is -2.81. The molecule has 8 rings (SSSR count). The van der Waals surface area contributed by atoms with Gasteiger partial charge >= 0.3 is 0 Å². The molecule has 4 nitrogen and oxygen atoms in total. The highest BCUT2D eigenvalue weighted by Gasteiger charge is 2.52. The van der Waals surface area contributed by atoms with Crippen molar-refractivity contribution < 1.29 is 92.4 Å². The van der Waals surface area contributed by atoms with Crippen LogP contribution in [-0.2, 0) is 6.54 Å². The first-order valence-electron chi connectivity index (χ1n) is 19.4. The number of hydrogen-bond acceptors (Lipinski definition) is 1. The Balaban J connectivity index is 0.000000240. The van der Waals surface area contributed by atoms with Crippen molar-refractivity contribution >= 4 is 44.6 Å². The van der Waals surface area contributed by atoms with E-state index >= 15 is 35.1 Å². The SMILES string of the molecule is Fc1c(F)c(F)c([B-](c2c(F)c(F)c(F)c(F)c2F)(c2c(F)c(F)c(F)c(F)c2F)c2c(F)c(F)c(F)c(F)c2F)c(F)c1F.[N-]=[N+]=Nc1cccc(-c2ccc3ccccc3[n+]2Cc2ccccc2)c1. The van der Waals surface area contributed by atoms with Crippen molar-refractivity contribution in [1.82, 2.24) is 0 Å². The number of para-hydroxylation sites is 1. The number of benzene rings is 7. The first-order valence-corrected chi connectivity index (χ1v) is 19.4. The molecule has 25 heteroatoms. The van der Waals surface area contributed by atoms with E-state index in [4.69, 9.17) is 5.53 Å². The highest BCUT2D eigenvalue weighted by Crippen LogP contribution is 2.31. The molecule has 0 fully saturated rings. The monoisotopic (exact) mass is 1020 g/mol. The minimum atomic E-state index is -7.22. The second kappa shape index (κ2) is 19.4. The summed E-state index contributed by atoms with van der Waals surface area (Å²) in [7, 11) is 0. The first-order chi connectivity index (χ1) is 33.5. The van der Waals surface area contributed by atoms with Gasteiger partial charge in [0.25, 0.3) is 0 Å². The van der Waals surface area contributed by atoms with E-state index in [1.807, 2.05) is 30.3 Å². The van der Waals surface area contributed by atoms with Gasteiger partial charge in [0.05, 0.1) is 0 Å². The molecule has 0 bridgehead atoms. The fourth-order valence-electron chi connectivity index (χ4n) is 8.10. The van der Waals surface area contributed by atoms with Gasteiger partial charge in [0.2, 0.25) is 11.2 Å². The summed E-state index contributed by atoms with van der Waals surface area (Å²) in [5, 5.41) is 4.93. The molecule has 71 heavy (non-hydrogen) atoms. The number of rotatable bonds is 8. The number of aromatic nitrogens is 1. The average molecular weight is 1020 g/mol. The third kappa shape index (κ3) is 8.18. The molecule has 0 atom stereocenters. The number of fused-ring (bicyclic) bond motifs is 1. The van der Waals surface area contributed by atoms with Gasteiger partial charge in [0.1, 0.15) is 52.7 Å². The third-order valence-corrected chi connectivity index (χ3v) is 11.1. The van der Waals surface area contributed by atoms with Gasteiger partial charge < -0.3 is 0 Å². The Kier molecular flexibility index (Phi) is 13.9. The lowest BCUT2D eigenvalue weighted by molar-refractivity contribution is -0.651. The highest BCUT2D eigenvalue weighted by molar-refractivity contribution is 7.20. The van der Waals surface area contributed by atoms with E-state index in [9.17, 15) is 52.7 Å². The van der Waals surface area contributed by atoms with Crippen molar-refractivity contribution in [3.8, 4) is 11.3 Å². The lowest BCUT2D eigenvalue weighted by atomic mass is 9.12. The van der Waals surface area contributed by atoms with Crippen LogP contribution in [0, 0.1) is 116 Å². The fourth-order valence-corrected chi connectivity index (χ4v) is 8.10. The maximum Gasteiger partial charge on any atom is 0.213 e. The van der Waals surface area contributed by atoms with Crippen molar-refractivity contribution in [2.45, 2.75) is 6.54 Å². The Morgan fingerprint density at radius 3 is 1.11 bits per heavy atom. The number of pyridine rings is 1. The number of nitrogens with zero attached hydrogens (tertiary/aromatic N) is 4. The Hall–Kier alpha value is -8.08. The summed E-state index contributed by atoms with van der Waals surface area (Å²) in [6.07, 6.45) is -7.22. The Labute approximate surface area is 382 Å². The standard InChI is InChI=1S/C24BF20.C22H17N4/c26-5-1(6(27)14(35)21(42)13(5)34)25(2-7(28)15(36)22(43)16(37)8(2)29,3-9(30)17(38)23(44)18(39)10(3)31)4-11(32)19(40)24(45)20(41)12(4)33;23-25-24-20-11-6-10-19(15-20)22-14-13-18-9-4-5-12-21(18)26(22)16-17-7-2-1-3-8-17/h;1-15H,16H2/q-1;+1. The topological polar surface area (TPSA) is 52.6 Å². The second-order valence-corrected chi connectivity index (χ2v) is 14.9. The molecule has 8 aromatic rings. The minimum Gasteiger partial charge on any atom is -0.207 e. The van der Waals surface area contributed by atoms with E-state index in [2.05, 4.69) is 75.3 Å². The van der Waals surface area contributed by atoms with Gasteiger partial charge in [-0.15, -0.1) is 21.9 Å². The second-order valence-electron chi connectivity index (χ2n) is 14.9. The van der Waals surface area contributed by atoms with Gasteiger partial charge in [-0.3, -0.25) is 0 Å². The van der Waals surface area contributed by atoms with Crippen LogP contribution in [0.5, 0.6) is 0 Å². The average Bonchev–Trinajstić information content (AvgIpc) is 3.37. The van der Waals surface area contributed by atoms with Gasteiger partial charge in [-0.2, -0.15) is 4.57 Å². The summed E-state index contributed by atoms with van der Waals surface area (Å²) in [6.45, 7) is 0.767. The van der Waals surface area contributed by atoms with E-state index in [0.29, 0.717) is 5.69 Å². The predicted molar refractivity (Wildman–Crippen MR) is 213 cm³/mol. The fraction of sp³-hybridized carbons (Fsp3) is 0.0217. The van der Waals surface area contributed by atoms with Crippen LogP contribution in [0.4, 0.5) is 93.5 Å². The maximum atomic E-state index is 15.4. The molecule has 0 unspecified atom stereocenters. The van der Waals surface area contributed by atoms with E-state index in [-0.39, 0.29) is 0 Å². The third-order valence-electron chi connectivity index (χ3n) is 11.1. The molecule has 0 saturated heterocycles. The molecular formula is C46H17BF20N4. The number of azide groups is 1. The van der Waals surface area contributed by atoms with Crippen LogP contribution in [0.25, 0.3) is 32.6 Å². The highest BCUT2D eigenvalue weighted by atomic mass is 19.2. The van der Waals surface area contributed by atoms with Gasteiger partial charge in [-0.1, -0.05) is 59.7 Å². The molecule has 0 amide bonds. The molecule has 0 saturated carbocycles. The van der Waals surface area contributed by atoms with Crippen LogP contribution >= 0.6 is 0 Å². The van der Waals surface area contributed by atoms with Crippen LogP contribution in [-0.4, -0.2) is 6.15 Å².